The quantitative estimate of drug-likeness (QED) is 0.896. The van der Waals surface area contributed by atoms with Crippen molar-refractivity contribution in [2.24, 2.45) is 0 Å². The first-order valence-corrected chi connectivity index (χ1v) is 6.05. The molecule has 0 aliphatic heterocycles. The van der Waals surface area contributed by atoms with Gasteiger partial charge in [-0.15, -0.1) is 0 Å². The first-order chi connectivity index (χ1) is 8.66. The van der Waals surface area contributed by atoms with Gasteiger partial charge in [-0.25, -0.2) is 4.98 Å². The Kier molecular flexibility index (Phi) is 5.17. The monoisotopic (exact) mass is 276 g/mol. The maximum absolute atomic E-state index is 11.9. The summed E-state index contributed by atoms with van der Waals surface area (Å²) in [5, 5.41) is 3.29. The van der Waals surface area contributed by atoms with Crippen molar-refractivity contribution in [3.05, 3.63) is 23.9 Å². The van der Waals surface area contributed by atoms with Gasteiger partial charge in [0.25, 0.3) is 0 Å². The Labute approximate surface area is 111 Å². The fourth-order valence-electron chi connectivity index (χ4n) is 1.24. The molecule has 1 heterocycles. The normalized spacial score (nSPS) is 12.5. The van der Waals surface area contributed by atoms with Crippen LogP contribution < -0.4 is 10.1 Å². The van der Waals surface area contributed by atoms with Crippen LogP contribution in [0, 0.1) is 0 Å². The molecule has 0 aliphatic rings. The molecule has 19 heavy (non-hydrogen) atoms. The van der Waals surface area contributed by atoms with Crippen LogP contribution in [0.1, 0.15) is 32.8 Å². The highest BCUT2D eigenvalue weighted by Gasteiger charge is 2.26. The number of hydrogen-bond donors (Lipinski definition) is 1. The Morgan fingerprint density at radius 1 is 1.21 bits per heavy atom. The summed E-state index contributed by atoms with van der Waals surface area (Å²) in [5.74, 6) is 0.212. The number of rotatable bonds is 5. The summed E-state index contributed by atoms with van der Waals surface area (Å²) in [6.07, 6.45) is -3.57. The zero-order chi connectivity index (χ0) is 14.5. The third-order valence-corrected chi connectivity index (χ3v) is 2.26. The van der Waals surface area contributed by atoms with Crippen LogP contribution in [0.5, 0.6) is 5.88 Å². The Morgan fingerprint density at radius 3 is 2.37 bits per heavy atom. The molecule has 0 bridgehead atoms. The summed E-state index contributed by atoms with van der Waals surface area (Å²) < 4.78 is 40.7. The molecule has 0 amide bonds. The van der Waals surface area contributed by atoms with Gasteiger partial charge in [0, 0.05) is 24.3 Å². The largest absolute Gasteiger partial charge is 0.477 e. The van der Waals surface area contributed by atoms with Crippen LogP contribution in [0.3, 0.4) is 0 Å². The van der Waals surface area contributed by atoms with E-state index in [0.717, 1.165) is 5.56 Å². The molecular weight excluding hydrogens is 257 g/mol. The summed E-state index contributed by atoms with van der Waals surface area (Å²) in [6, 6.07) is 3.37. The van der Waals surface area contributed by atoms with Crippen molar-refractivity contribution < 1.29 is 17.9 Å². The lowest BCUT2D eigenvalue weighted by molar-refractivity contribution is -0.139. The van der Waals surface area contributed by atoms with Crippen molar-refractivity contribution in [3.63, 3.8) is 0 Å². The van der Waals surface area contributed by atoms with Gasteiger partial charge in [-0.1, -0.05) is 6.07 Å². The molecule has 0 fully saturated rings. The fourth-order valence-corrected chi connectivity index (χ4v) is 1.24. The molecule has 0 saturated heterocycles. The summed E-state index contributed by atoms with van der Waals surface area (Å²) in [7, 11) is 0. The third-order valence-electron chi connectivity index (χ3n) is 2.26. The SMILES string of the molecule is CC(C)(C)NCc1ccc(OCCC(F)(F)F)nc1. The third kappa shape index (κ3) is 7.66. The van der Waals surface area contributed by atoms with Crippen LogP contribution in [0.15, 0.2) is 18.3 Å². The number of aromatic nitrogens is 1. The van der Waals surface area contributed by atoms with Crippen molar-refractivity contribution in [1.29, 1.82) is 0 Å². The topological polar surface area (TPSA) is 34.1 Å². The second kappa shape index (κ2) is 6.23. The molecule has 1 rings (SSSR count). The first kappa shape index (κ1) is 15.8. The van der Waals surface area contributed by atoms with Gasteiger partial charge in [0.15, 0.2) is 0 Å². The number of halogens is 3. The van der Waals surface area contributed by atoms with Crippen LogP contribution in [0.2, 0.25) is 0 Å². The highest BCUT2D eigenvalue weighted by molar-refractivity contribution is 5.17. The number of nitrogens with zero attached hydrogens (tertiary/aromatic N) is 1. The van der Waals surface area contributed by atoms with Gasteiger partial charge in [-0.2, -0.15) is 13.2 Å². The van der Waals surface area contributed by atoms with Gasteiger partial charge < -0.3 is 10.1 Å². The highest BCUT2D eigenvalue weighted by Crippen LogP contribution is 2.19. The van der Waals surface area contributed by atoms with Gasteiger partial charge in [0.2, 0.25) is 5.88 Å². The smallest absolute Gasteiger partial charge is 0.392 e. The van der Waals surface area contributed by atoms with Crippen LogP contribution in [0.4, 0.5) is 13.2 Å². The van der Waals surface area contributed by atoms with Crippen molar-refractivity contribution in [1.82, 2.24) is 10.3 Å². The predicted octanol–water partition coefficient (Wildman–Crippen LogP) is 3.30. The number of nitrogens with one attached hydrogen (secondary N) is 1. The van der Waals surface area contributed by atoms with E-state index < -0.39 is 19.2 Å². The average Bonchev–Trinajstić information content (AvgIpc) is 2.25. The maximum Gasteiger partial charge on any atom is 0.392 e. The van der Waals surface area contributed by atoms with Crippen LogP contribution in [-0.4, -0.2) is 23.3 Å². The van der Waals surface area contributed by atoms with E-state index in [0.29, 0.717) is 6.54 Å². The van der Waals surface area contributed by atoms with Gasteiger partial charge in [0.05, 0.1) is 13.0 Å². The molecular formula is C13H19F3N2O. The van der Waals surface area contributed by atoms with E-state index in [9.17, 15) is 13.2 Å². The average molecular weight is 276 g/mol. The maximum atomic E-state index is 11.9. The lowest BCUT2D eigenvalue weighted by Gasteiger charge is -2.20. The lowest BCUT2D eigenvalue weighted by atomic mass is 10.1. The second-order valence-corrected chi connectivity index (χ2v) is 5.32. The van der Waals surface area contributed by atoms with Gasteiger partial charge in [0.1, 0.15) is 0 Å². The minimum absolute atomic E-state index is 0.00187. The standard InChI is InChI=1S/C13H19F3N2O/c1-12(2,3)18-9-10-4-5-11(17-8-10)19-7-6-13(14,15)16/h4-5,8,18H,6-7,9H2,1-3H3. The minimum atomic E-state index is -4.20. The zero-order valence-corrected chi connectivity index (χ0v) is 11.3. The van der Waals surface area contributed by atoms with Gasteiger partial charge in [-0.3, -0.25) is 0 Å². The van der Waals surface area contributed by atoms with Crippen LogP contribution >= 0.6 is 0 Å². The molecule has 0 saturated carbocycles. The molecule has 3 nitrogen and oxygen atoms in total. The molecule has 1 N–H and O–H groups in total. The Bertz CT molecular complexity index is 382. The van der Waals surface area contributed by atoms with E-state index in [2.05, 4.69) is 31.1 Å². The van der Waals surface area contributed by atoms with E-state index in [1.807, 2.05) is 0 Å². The van der Waals surface area contributed by atoms with Crippen molar-refractivity contribution in [3.8, 4) is 5.88 Å². The van der Waals surface area contributed by atoms with Crippen molar-refractivity contribution in [2.45, 2.75) is 45.5 Å². The zero-order valence-electron chi connectivity index (χ0n) is 11.3. The van der Waals surface area contributed by atoms with Crippen molar-refractivity contribution in [2.75, 3.05) is 6.61 Å². The van der Waals surface area contributed by atoms with Gasteiger partial charge >= 0.3 is 6.18 Å². The van der Waals surface area contributed by atoms with Crippen molar-refractivity contribution >= 4 is 0 Å². The first-order valence-electron chi connectivity index (χ1n) is 6.05. The molecule has 6 heteroatoms. The number of hydrogen-bond acceptors (Lipinski definition) is 3. The lowest BCUT2D eigenvalue weighted by Crippen LogP contribution is -2.35. The van der Waals surface area contributed by atoms with Crippen LogP contribution in [-0.2, 0) is 6.54 Å². The van der Waals surface area contributed by atoms with E-state index in [4.69, 9.17) is 4.74 Å². The van der Waals surface area contributed by atoms with E-state index in [-0.39, 0.29) is 11.4 Å². The molecule has 0 unspecified atom stereocenters. The Hall–Kier alpha value is -1.30. The fraction of sp³-hybridized carbons (Fsp3) is 0.615. The summed E-state index contributed by atoms with van der Waals surface area (Å²) in [5.41, 5.74) is 0.958. The molecule has 1 aromatic heterocycles. The molecule has 0 spiro atoms. The summed E-state index contributed by atoms with van der Waals surface area (Å²) >= 11 is 0. The molecule has 0 atom stereocenters. The molecule has 1 aromatic rings. The number of pyridine rings is 1. The Balaban J connectivity index is 2.39. The molecule has 0 radical (unpaired) electrons. The van der Waals surface area contributed by atoms with E-state index in [1.54, 1.807) is 18.3 Å². The van der Waals surface area contributed by atoms with Gasteiger partial charge in [-0.05, 0) is 26.3 Å². The summed E-state index contributed by atoms with van der Waals surface area (Å²) in [6.45, 7) is 6.40. The number of ether oxygens (including phenoxy) is 1. The van der Waals surface area contributed by atoms with E-state index in [1.165, 1.54) is 0 Å². The predicted molar refractivity (Wildman–Crippen MR) is 67.0 cm³/mol. The summed E-state index contributed by atoms with van der Waals surface area (Å²) in [4.78, 5) is 3.97. The highest BCUT2D eigenvalue weighted by atomic mass is 19.4. The van der Waals surface area contributed by atoms with Crippen LogP contribution in [0.25, 0.3) is 0 Å². The molecule has 108 valence electrons. The Morgan fingerprint density at radius 2 is 1.89 bits per heavy atom. The minimum Gasteiger partial charge on any atom is -0.477 e. The molecule has 0 aliphatic carbocycles. The number of alkyl halides is 3. The van der Waals surface area contributed by atoms with E-state index >= 15 is 0 Å². The molecule has 0 aromatic carbocycles. The second-order valence-electron chi connectivity index (χ2n) is 5.32.